The van der Waals surface area contributed by atoms with Crippen molar-refractivity contribution in [3.05, 3.63) is 16.2 Å². The molecule has 1 N–H and O–H groups in total. The van der Waals surface area contributed by atoms with Gasteiger partial charge in [-0.15, -0.1) is 11.3 Å². The molecule has 21 heavy (non-hydrogen) atoms. The fourth-order valence-corrected chi connectivity index (χ4v) is 3.96. The highest BCUT2D eigenvalue weighted by atomic mass is 35.5. The molecule has 0 aromatic carbocycles. The van der Waals surface area contributed by atoms with Crippen molar-refractivity contribution in [3.63, 3.8) is 0 Å². The number of rotatable bonds is 6. The number of aromatic nitrogens is 2. The van der Waals surface area contributed by atoms with Crippen LogP contribution in [0.2, 0.25) is 5.28 Å². The van der Waals surface area contributed by atoms with Gasteiger partial charge in [0.15, 0.2) is 0 Å². The Bertz CT molecular complexity index is 607. The van der Waals surface area contributed by atoms with Crippen LogP contribution >= 0.6 is 22.9 Å². The van der Waals surface area contributed by atoms with Crippen LogP contribution in [0.15, 0.2) is 6.07 Å². The third-order valence-corrected chi connectivity index (χ3v) is 5.25. The first-order valence-electron chi connectivity index (χ1n) is 7.68. The summed E-state index contributed by atoms with van der Waals surface area (Å²) in [5.41, 5.74) is 0. The van der Waals surface area contributed by atoms with Crippen LogP contribution in [0.5, 0.6) is 0 Å². The van der Waals surface area contributed by atoms with Crippen LogP contribution < -0.4 is 5.32 Å². The van der Waals surface area contributed by atoms with Crippen molar-refractivity contribution < 1.29 is 0 Å². The summed E-state index contributed by atoms with van der Waals surface area (Å²) in [5.74, 6) is 0.877. The van der Waals surface area contributed by atoms with Gasteiger partial charge in [0.1, 0.15) is 10.6 Å². The average Bonchev–Trinajstić information content (AvgIpc) is 3.11. The summed E-state index contributed by atoms with van der Waals surface area (Å²) in [4.78, 5) is 13.5. The smallest absolute Gasteiger partial charge is 0.225 e. The van der Waals surface area contributed by atoms with E-state index in [9.17, 15) is 0 Å². The normalized spacial score (nSPS) is 15.9. The second-order valence-corrected chi connectivity index (χ2v) is 6.91. The fourth-order valence-electron chi connectivity index (χ4n) is 2.77. The van der Waals surface area contributed by atoms with Gasteiger partial charge in [0.25, 0.3) is 0 Å². The number of halogens is 1. The lowest BCUT2D eigenvalue weighted by Crippen LogP contribution is -2.22. The predicted octanol–water partition coefficient (Wildman–Crippen LogP) is 3.80. The van der Waals surface area contributed by atoms with E-state index in [0.717, 1.165) is 35.4 Å². The van der Waals surface area contributed by atoms with Gasteiger partial charge < -0.3 is 10.2 Å². The average molecular weight is 325 g/mol. The van der Waals surface area contributed by atoms with Crippen molar-refractivity contribution in [2.24, 2.45) is 0 Å². The van der Waals surface area contributed by atoms with Crippen LogP contribution in [-0.2, 0) is 6.42 Å². The van der Waals surface area contributed by atoms with Crippen LogP contribution in [0, 0.1) is 0 Å². The summed E-state index contributed by atoms with van der Waals surface area (Å²) in [6.45, 7) is 6.76. The molecular weight excluding hydrogens is 304 g/mol. The van der Waals surface area contributed by atoms with Gasteiger partial charge in [-0.05, 0) is 63.0 Å². The number of nitrogens with one attached hydrogen (secondary N) is 1. The standard InChI is InChI=1S/C15H21ClN4S/c1-2-11-10-12-13(18-15(16)19-14(12)21-11)17-6-5-9-20-7-3-4-8-20/h10H,2-9H2,1H3,(H,17,18,19). The first-order valence-corrected chi connectivity index (χ1v) is 8.88. The quantitative estimate of drug-likeness (QED) is 0.648. The highest BCUT2D eigenvalue weighted by Gasteiger charge is 2.12. The van der Waals surface area contributed by atoms with Crippen molar-refractivity contribution >= 4 is 39.0 Å². The summed E-state index contributed by atoms with van der Waals surface area (Å²) in [6.07, 6.45) is 4.86. The number of hydrogen-bond acceptors (Lipinski definition) is 5. The minimum atomic E-state index is 0.328. The van der Waals surface area contributed by atoms with Gasteiger partial charge >= 0.3 is 0 Å². The van der Waals surface area contributed by atoms with Crippen LogP contribution in [0.4, 0.5) is 5.82 Å². The minimum absolute atomic E-state index is 0.328. The van der Waals surface area contributed by atoms with Crippen LogP contribution in [-0.4, -0.2) is 41.0 Å². The molecular formula is C15H21ClN4S. The van der Waals surface area contributed by atoms with Gasteiger partial charge in [-0.2, -0.15) is 0 Å². The zero-order valence-electron chi connectivity index (χ0n) is 12.4. The molecule has 3 rings (SSSR count). The largest absolute Gasteiger partial charge is 0.369 e. The molecule has 2 aromatic heterocycles. The molecule has 3 heterocycles. The van der Waals surface area contributed by atoms with E-state index in [-0.39, 0.29) is 0 Å². The van der Waals surface area contributed by atoms with Crippen LogP contribution in [0.1, 0.15) is 31.1 Å². The summed E-state index contributed by atoms with van der Waals surface area (Å²) in [7, 11) is 0. The van der Waals surface area contributed by atoms with Crippen molar-refractivity contribution in [1.29, 1.82) is 0 Å². The minimum Gasteiger partial charge on any atom is -0.369 e. The van der Waals surface area contributed by atoms with Gasteiger partial charge in [0.2, 0.25) is 5.28 Å². The van der Waals surface area contributed by atoms with Crippen molar-refractivity contribution in [3.8, 4) is 0 Å². The number of likely N-dealkylation sites (tertiary alicyclic amines) is 1. The van der Waals surface area contributed by atoms with Gasteiger partial charge in [0.05, 0.1) is 5.39 Å². The molecule has 0 radical (unpaired) electrons. The SMILES string of the molecule is CCc1cc2c(NCCCN3CCCC3)nc(Cl)nc2s1. The predicted molar refractivity (Wildman–Crippen MR) is 90.6 cm³/mol. The molecule has 1 aliphatic heterocycles. The third kappa shape index (κ3) is 3.65. The van der Waals surface area contributed by atoms with E-state index in [2.05, 4.69) is 33.2 Å². The van der Waals surface area contributed by atoms with Gasteiger partial charge in [-0.3, -0.25) is 0 Å². The number of hydrogen-bond donors (Lipinski definition) is 1. The maximum absolute atomic E-state index is 6.03. The Hall–Kier alpha value is -0.910. The van der Waals surface area contributed by atoms with E-state index in [0.29, 0.717) is 5.28 Å². The topological polar surface area (TPSA) is 41.0 Å². The first-order chi connectivity index (χ1) is 10.3. The van der Waals surface area contributed by atoms with Crippen LogP contribution in [0.3, 0.4) is 0 Å². The van der Waals surface area contributed by atoms with E-state index < -0.39 is 0 Å². The molecule has 0 amide bonds. The molecule has 6 heteroatoms. The Labute approximate surface area is 134 Å². The van der Waals surface area contributed by atoms with Crippen molar-refractivity contribution in [2.75, 3.05) is 31.5 Å². The zero-order chi connectivity index (χ0) is 14.7. The molecule has 4 nitrogen and oxygen atoms in total. The Morgan fingerprint density at radius 3 is 2.90 bits per heavy atom. The lowest BCUT2D eigenvalue weighted by atomic mass is 10.3. The maximum atomic E-state index is 6.03. The molecule has 2 aromatic rings. The molecule has 114 valence electrons. The molecule has 1 saturated heterocycles. The Morgan fingerprint density at radius 2 is 2.14 bits per heavy atom. The molecule has 0 saturated carbocycles. The molecule has 0 unspecified atom stereocenters. The number of anilines is 1. The summed E-state index contributed by atoms with van der Waals surface area (Å²) >= 11 is 7.73. The maximum Gasteiger partial charge on any atom is 0.225 e. The van der Waals surface area contributed by atoms with E-state index in [1.807, 2.05) is 0 Å². The number of nitrogens with zero attached hydrogens (tertiary/aromatic N) is 3. The van der Waals surface area contributed by atoms with E-state index >= 15 is 0 Å². The second kappa shape index (κ2) is 6.90. The highest BCUT2D eigenvalue weighted by Crippen LogP contribution is 2.30. The fraction of sp³-hybridized carbons (Fsp3) is 0.600. The zero-order valence-corrected chi connectivity index (χ0v) is 13.9. The van der Waals surface area contributed by atoms with E-state index in [1.165, 1.54) is 37.4 Å². The molecule has 0 spiro atoms. The van der Waals surface area contributed by atoms with E-state index in [4.69, 9.17) is 11.6 Å². The van der Waals surface area contributed by atoms with Gasteiger partial charge in [-0.25, -0.2) is 9.97 Å². The summed E-state index contributed by atoms with van der Waals surface area (Å²) < 4.78 is 0. The summed E-state index contributed by atoms with van der Waals surface area (Å²) in [5, 5.41) is 4.86. The van der Waals surface area contributed by atoms with Gasteiger partial charge in [-0.1, -0.05) is 6.92 Å². The molecule has 0 bridgehead atoms. The monoisotopic (exact) mass is 324 g/mol. The highest BCUT2D eigenvalue weighted by molar-refractivity contribution is 7.18. The number of fused-ring (bicyclic) bond motifs is 1. The van der Waals surface area contributed by atoms with Gasteiger partial charge in [0, 0.05) is 11.4 Å². The second-order valence-electron chi connectivity index (χ2n) is 5.46. The van der Waals surface area contributed by atoms with Crippen molar-refractivity contribution in [2.45, 2.75) is 32.6 Å². The Kier molecular flexibility index (Phi) is 4.93. The summed E-state index contributed by atoms with van der Waals surface area (Å²) in [6, 6.07) is 2.18. The lowest BCUT2D eigenvalue weighted by Gasteiger charge is -2.14. The first kappa shape index (κ1) is 15.0. The number of aryl methyl sites for hydroxylation is 1. The molecule has 1 aliphatic rings. The van der Waals surface area contributed by atoms with Crippen LogP contribution in [0.25, 0.3) is 10.2 Å². The third-order valence-electron chi connectivity index (χ3n) is 3.91. The molecule has 0 atom stereocenters. The number of thiophene rings is 1. The Morgan fingerprint density at radius 1 is 1.33 bits per heavy atom. The van der Waals surface area contributed by atoms with Crippen molar-refractivity contribution in [1.82, 2.24) is 14.9 Å². The lowest BCUT2D eigenvalue weighted by molar-refractivity contribution is 0.337. The Balaban J connectivity index is 1.63. The molecule has 1 fully saturated rings. The van der Waals surface area contributed by atoms with E-state index in [1.54, 1.807) is 11.3 Å². The molecule has 0 aliphatic carbocycles.